The van der Waals surface area contributed by atoms with Gasteiger partial charge in [-0.05, 0) is 12.3 Å². The van der Waals surface area contributed by atoms with Crippen molar-refractivity contribution in [3.05, 3.63) is 0 Å². The fraction of sp³-hybridized carbons (Fsp3) is 0.875. The Hall–Kier alpha value is 0.511. The van der Waals surface area contributed by atoms with Gasteiger partial charge in [0.2, 0.25) is 0 Å². The SMILES string of the molecule is CCCCCCCCCCC(C(=O)O)(C(=O)O)C(C)C.[Ba+2].[H-].[H-]. The van der Waals surface area contributed by atoms with Crippen LogP contribution in [0.2, 0.25) is 0 Å². The van der Waals surface area contributed by atoms with Crippen LogP contribution in [-0.2, 0) is 9.59 Å². The second kappa shape index (κ2) is 13.0. The maximum atomic E-state index is 11.4. The van der Waals surface area contributed by atoms with Gasteiger partial charge in [0.1, 0.15) is 0 Å². The van der Waals surface area contributed by atoms with Crippen LogP contribution >= 0.6 is 0 Å². The Morgan fingerprint density at radius 2 is 1.29 bits per heavy atom. The van der Waals surface area contributed by atoms with Crippen LogP contribution in [0.15, 0.2) is 0 Å². The van der Waals surface area contributed by atoms with E-state index in [0.717, 1.165) is 19.3 Å². The molecular formula is C16H32BaO4. The monoisotopic (exact) mass is 426 g/mol. The van der Waals surface area contributed by atoms with Crippen LogP contribution < -0.4 is 0 Å². The molecule has 0 aliphatic heterocycles. The predicted molar refractivity (Wildman–Crippen MR) is 87.7 cm³/mol. The molecule has 0 unspecified atom stereocenters. The predicted octanol–water partition coefficient (Wildman–Crippen LogP) is 4.17. The number of carboxylic acids is 2. The molecule has 0 aliphatic rings. The first-order valence-corrected chi connectivity index (χ1v) is 7.86. The molecule has 0 aromatic heterocycles. The number of aliphatic carboxylic acids is 2. The van der Waals surface area contributed by atoms with Crippen molar-refractivity contribution in [3.63, 3.8) is 0 Å². The molecule has 0 saturated heterocycles. The zero-order chi connectivity index (χ0) is 15.6. The average molecular weight is 426 g/mol. The second-order valence-corrected chi connectivity index (χ2v) is 5.96. The number of unbranched alkanes of at least 4 members (excludes halogenated alkanes) is 7. The summed E-state index contributed by atoms with van der Waals surface area (Å²) in [5, 5.41) is 18.6. The molecule has 5 heteroatoms. The molecule has 0 heterocycles. The molecule has 2 N–H and O–H groups in total. The van der Waals surface area contributed by atoms with Gasteiger partial charge < -0.3 is 13.1 Å². The van der Waals surface area contributed by atoms with Gasteiger partial charge in [-0.3, -0.25) is 9.59 Å². The minimum absolute atomic E-state index is 0. The Bertz CT molecular complexity index is 298. The molecular weight excluding hydrogens is 394 g/mol. The normalized spacial score (nSPS) is 11.2. The van der Waals surface area contributed by atoms with Gasteiger partial charge >= 0.3 is 60.8 Å². The van der Waals surface area contributed by atoms with Crippen LogP contribution in [0.1, 0.15) is 81.4 Å². The summed E-state index contributed by atoms with van der Waals surface area (Å²) in [4.78, 5) is 22.7. The van der Waals surface area contributed by atoms with Crippen LogP contribution in [0.4, 0.5) is 0 Å². The molecule has 0 aromatic carbocycles. The Balaban J connectivity index is -0.000000602. The summed E-state index contributed by atoms with van der Waals surface area (Å²) in [5.74, 6) is -2.81. The molecule has 0 spiro atoms. The van der Waals surface area contributed by atoms with E-state index in [1.54, 1.807) is 13.8 Å². The largest absolute Gasteiger partial charge is 2.00 e. The average Bonchev–Trinajstić information content (AvgIpc) is 2.35. The molecule has 4 nitrogen and oxygen atoms in total. The first-order chi connectivity index (χ1) is 9.39. The topological polar surface area (TPSA) is 74.6 Å². The number of carboxylic acid groups (broad SMARTS) is 2. The summed E-state index contributed by atoms with van der Waals surface area (Å²) in [6.07, 6.45) is 9.03. The fourth-order valence-corrected chi connectivity index (χ4v) is 2.63. The van der Waals surface area contributed by atoms with Gasteiger partial charge in [0, 0.05) is 0 Å². The third kappa shape index (κ3) is 8.07. The molecule has 0 aromatic rings. The first-order valence-electron chi connectivity index (χ1n) is 7.86. The van der Waals surface area contributed by atoms with Crippen LogP contribution in [0.3, 0.4) is 0 Å². The summed E-state index contributed by atoms with van der Waals surface area (Å²) < 4.78 is 0. The molecule has 21 heavy (non-hydrogen) atoms. The van der Waals surface area contributed by atoms with E-state index in [9.17, 15) is 19.8 Å². The molecule has 0 saturated carbocycles. The minimum Gasteiger partial charge on any atom is -1.00 e. The van der Waals surface area contributed by atoms with Gasteiger partial charge in [-0.15, -0.1) is 0 Å². The van der Waals surface area contributed by atoms with Crippen LogP contribution in [0.5, 0.6) is 0 Å². The van der Waals surface area contributed by atoms with Crippen molar-refractivity contribution in [1.29, 1.82) is 0 Å². The maximum absolute atomic E-state index is 11.4. The fourth-order valence-electron chi connectivity index (χ4n) is 2.63. The number of hydrogen-bond acceptors (Lipinski definition) is 2. The van der Waals surface area contributed by atoms with Crippen molar-refractivity contribution >= 4 is 60.8 Å². The quantitative estimate of drug-likeness (QED) is 0.279. The summed E-state index contributed by atoms with van der Waals surface area (Å²) in [5.41, 5.74) is -1.62. The molecule has 0 radical (unpaired) electrons. The van der Waals surface area contributed by atoms with E-state index in [4.69, 9.17) is 0 Å². The van der Waals surface area contributed by atoms with E-state index in [2.05, 4.69) is 6.92 Å². The Labute approximate surface area is 172 Å². The van der Waals surface area contributed by atoms with E-state index >= 15 is 0 Å². The van der Waals surface area contributed by atoms with Gasteiger partial charge in [-0.25, -0.2) is 0 Å². The first kappa shape index (κ1) is 23.8. The molecule has 0 amide bonds. The van der Waals surface area contributed by atoms with Gasteiger partial charge in [-0.2, -0.15) is 0 Å². The zero-order valence-electron chi connectivity index (χ0n) is 15.9. The standard InChI is InChI=1S/C16H30O4.Ba.2H/c1-4-5-6-7-8-9-10-11-12-16(13(2)3,14(17)18)15(19)20;;;/h13H,4-12H2,1-3H3,(H,17,18)(H,19,20);;;/q;+2;2*-1. The van der Waals surface area contributed by atoms with E-state index in [-0.39, 0.29) is 58.2 Å². The van der Waals surface area contributed by atoms with Crippen molar-refractivity contribution in [2.24, 2.45) is 11.3 Å². The smallest absolute Gasteiger partial charge is 1.00 e. The van der Waals surface area contributed by atoms with Crippen LogP contribution in [-0.4, -0.2) is 71.0 Å². The van der Waals surface area contributed by atoms with Crippen molar-refractivity contribution in [2.45, 2.75) is 78.6 Å². The summed E-state index contributed by atoms with van der Waals surface area (Å²) >= 11 is 0. The maximum Gasteiger partial charge on any atom is 2.00 e. The van der Waals surface area contributed by atoms with E-state index in [0.29, 0.717) is 6.42 Å². The minimum atomic E-state index is -1.62. The van der Waals surface area contributed by atoms with Crippen LogP contribution in [0, 0.1) is 11.3 Å². The van der Waals surface area contributed by atoms with E-state index in [1.165, 1.54) is 25.7 Å². The number of rotatable bonds is 12. The van der Waals surface area contributed by atoms with E-state index in [1.807, 2.05) is 0 Å². The summed E-state index contributed by atoms with van der Waals surface area (Å²) in [7, 11) is 0. The molecule has 0 atom stereocenters. The second-order valence-electron chi connectivity index (χ2n) is 5.96. The van der Waals surface area contributed by atoms with Crippen molar-refractivity contribution in [1.82, 2.24) is 0 Å². The van der Waals surface area contributed by atoms with Gasteiger partial charge in [0.15, 0.2) is 5.41 Å². The van der Waals surface area contributed by atoms with Gasteiger partial charge in [-0.1, -0.05) is 72.1 Å². The molecule has 122 valence electrons. The molecule has 0 rings (SSSR count). The molecule has 0 fully saturated rings. The van der Waals surface area contributed by atoms with Crippen LogP contribution in [0.25, 0.3) is 0 Å². The Morgan fingerprint density at radius 1 is 0.905 bits per heavy atom. The molecule has 0 aliphatic carbocycles. The summed E-state index contributed by atoms with van der Waals surface area (Å²) in [6, 6.07) is 0. The third-order valence-electron chi connectivity index (χ3n) is 4.17. The number of hydrogen-bond donors (Lipinski definition) is 2. The van der Waals surface area contributed by atoms with Crippen molar-refractivity contribution < 1.29 is 22.7 Å². The summed E-state index contributed by atoms with van der Waals surface area (Å²) in [6.45, 7) is 5.53. The van der Waals surface area contributed by atoms with Crippen molar-refractivity contribution in [3.8, 4) is 0 Å². The van der Waals surface area contributed by atoms with Gasteiger partial charge in [0.25, 0.3) is 0 Å². The molecule has 0 bridgehead atoms. The van der Waals surface area contributed by atoms with Gasteiger partial charge in [0.05, 0.1) is 0 Å². The third-order valence-corrected chi connectivity index (χ3v) is 4.17. The number of carbonyl (C=O) groups is 2. The zero-order valence-corrected chi connectivity index (χ0v) is 18.3. The van der Waals surface area contributed by atoms with Crippen molar-refractivity contribution in [2.75, 3.05) is 0 Å². The Morgan fingerprint density at radius 3 is 1.62 bits per heavy atom. The van der Waals surface area contributed by atoms with E-state index < -0.39 is 23.3 Å². The Kier molecular flexibility index (Phi) is 14.7.